The van der Waals surface area contributed by atoms with E-state index < -0.39 is 0 Å². The molecule has 1 rings (SSSR count). The largest absolute Gasteiger partial charge is 0.389 e. The fourth-order valence-electron chi connectivity index (χ4n) is 1.31. The Labute approximate surface area is 73.8 Å². The zero-order valence-electron chi connectivity index (χ0n) is 7.54. The van der Waals surface area contributed by atoms with E-state index in [0.717, 1.165) is 6.42 Å². The first-order valence-corrected chi connectivity index (χ1v) is 4.19. The van der Waals surface area contributed by atoms with E-state index in [4.69, 9.17) is 0 Å². The van der Waals surface area contributed by atoms with Crippen molar-refractivity contribution in [2.24, 2.45) is 5.92 Å². The highest BCUT2D eigenvalue weighted by molar-refractivity contribution is 5.25. The van der Waals surface area contributed by atoms with Crippen LogP contribution < -0.4 is 0 Å². The molecule has 0 heterocycles. The van der Waals surface area contributed by atoms with Crippen molar-refractivity contribution in [2.45, 2.75) is 26.4 Å². The van der Waals surface area contributed by atoms with Gasteiger partial charge in [0, 0.05) is 5.92 Å². The van der Waals surface area contributed by atoms with Gasteiger partial charge >= 0.3 is 0 Å². The minimum absolute atomic E-state index is 0.257. The normalized spacial score (nSPS) is 28.4. The lowest BCUT2D eigenvalue weighted by Gasteiger charge is -2.07. The molecule has 0 bridgehead atoms. The third-order valence-corrected chi connectivity index (χ3v) is 2.09. The first-order chi connectivity index (χ1) is 5.74. The molecule has 0 aromatic heterocycles. The fourth-order valence-corrected chi connectivity index (χ4v) is 1.31. The van der Waals surface area contributed by atoms with Crippen molar-refractivity contribution in [1.29, 1.82) is 0 Å². The molecule has 0 saturated carbocycles. The summed E-state index contributed by atoms with van der Waals surface area (Å²) in [6, 6.07) is 0. The van der Waals surface area contributed by atoms with Crippen molar-refractivity contribution in [3.63, 3.8) is 0 Å². The van der Waals surface area contributed by atoms with Gasteiger partial charge in [0.25, 0.3) is 0 Å². The molecule has 0 radical (unpaired) electrons. The van der Waals surface area contributed by atoms with Crippen LogP contribution in [0.4, 0.5) is 0 Å². The average Bonchev–Trinajstić information content (AvgIpc) is 2.47. The molecular weight excluding hydrogens is 148 g/mol. The molecule has 12 heavy (non-hydrogen) atoms. The highest BCUT2D eigenvalue weighted by atomic mass is 16.3. The minimum atomic E-state index is -0.257. The van der Waals surface area contributed by atoms with E-state index in [1.165, 1.54) is 5.57 Å². The molecule has 1 heteroatoms. The van der Waals surface area contributed by atoms with Crippen LogP contribution in [0.25, 0.3) is 0 Å². The molecule has 2 atom stereocenters. The number of hydrogen-bond acceptors (Lipinski definition) is 1. The quantitative estimate of drug-likeness (QED) is 0.461. The van der Waals surface area contributed by atoms with Gasteiger partial charge in [-0.25, -0.2) is 0 Å². The Morgan fingerprint density at radius 2 is 2.33 bits per heavy atom. The van der Waals surface area contributed by atoms with Crippen LogP contribution in [-0.4, -0.2) is 11.2 Å². The maximum absolute atomic E-state index is 9.22. The molecule has 0 unspecified atom stereocenters. The van der Waals surface area contributed by atoms with E-state index in [-0.39, 0.29) is 6.10 Å². The lowest BCUT2D eigenvalue weighted by atomic mass is 9.99. The Balaban J connectivity index is 2.58. The van der Waals surface area contributed by atoms with Crippen LogP contribution in [0, 0.1) is 17.8 Å². The van der Waals surface area contributed by atoms with Crippen LogP contribution in [0.3, 0.4) is 0 Å². The maximum atomic E-state index is 9.22. The van der Waals surface area contributed by atoms with Gasteiger partial charge < -0.3 is 5.11 Å². The Bertz CT molecular complexity index is 262. The smallest absolute Gasteiger partial charge is 0.0729 e. The highest BCUT2D eigenvalue weighted by Crippen LogP contribution is 2.24. The first kappa shape index (κ1) is 9.09. The Morgan fingerprint density at radius 1 is 1.58 bits per heavy atom. The van der Waals surface area contributed by atoms with Gasteiger partial charge in [0.2, 0.25) is 0 Å². The van der Waals surface area contributed by atoms with Crippen LogP contribution in [0.1, 0.15) is 20.3 Å². The highest BCUT2D eigenvalue weighted by Gasteiger charge is 2.17. The number of aliphatic hydroxyl groups is 1. The van der Waals surface area contributed by atoms with Crippen molar-refractivity contribution < 1.29 is 5.11 Å². The summed E-state index contributed by atoms with van der Waals surface area (Å²) in [5.41, 5.74) is 1.23. The summed E-state index contributed by atoms with van der Waals surface area (Å²) in [6.45, 7) is 3.88. The van der Waals surface area contributed by atoms with E-state index in [2.05, 4.69) is 18.8 Å². The zero-order chi connectivity index (χ0) is 8.97. The molecule has 0 aromatic carbocycles. The molecule has 0 fully saturated rings. The zero-order valence-corrected chi connectivity index (χ0v) is 7.54. The summed E-state index contributed by atoms with van der Waals surface area (Å²) >= 11 is 0. The predicted octanol–water partition coefficient (Wildman–Crippen LogP) is 1.89. The second-order valence-corrected chi connectivity index (χ2v) is 3.08. The van der Waals surface area contributed by atoms with E-state index in [9.17, 15) is 5.11 Å². The Morgan fingerprint density at radius 3 is 2.83 bits per heavy atom. The minimum Gasteiger partial charge on any atom is -0.389 e. The molecule has 64 valence electrons. The molecule has 0 aromatic rings. The van der Waals surface area contributed by atoms with Gasteiger partial charge in [-0.1, -0.05) is 23.6 Å². The molecule has 0 amide bonds. The summed E-state index contributed by atoms with van der Waals surface area (Å²) in [4.78, 5) is 0. The van der Waals surface area contributed by atoms with Gasteiger partial charge in [-0.3, -0.25) is 0 Å². The summed E-state index contributed by atoms with van der Waals surface area (Å²) in [6.07, 6.45) is 6.38. The van der Waals surface area contributed by atoms with Gasteiger partial charge in [-0.2, -0.15) is 0 Å². The summed E-state index contributed by atoms with van der Waals surface area (Å²) < 4.78 is 0. The van der Waals surface area contributed by atoms with Crippen LogP contribution >= 0.6 is 0 Å². The molecule has 0 saturated heterocycles. The second kappa shape index (κ2) is 4.13. The Kier molecular flexibility index (Phi) is 3.13. The SMILES string of the molecule is CC#C/C=C(/C)[C@@H]1C=C[C@@H](O)C1. The monoisotopic (exact) mass is 162 g/mol. The number of aliphatic hydroxyl groups excluding tert-OH is 1. The molecule has 1 nitrogen and oxygen atoms in total. The number of rotatable bonds is 1. The molecule has 1 aliphatic carbocycles. The average molecular weight is 162 g/mol. The topological polar surface area (TPSA) is 20.2 Å². The van der Waals surface area contributed by atoms with Crippen molar-refractivity contribution in [3.05, 3.63) is 23.8 Å². The predicted molar refractivity (Wildman–Crippen MR) is 50.5 cm³/mol. The lowest BCUT2D eigenvalue weighted by Crippen LogP contribution is -2.02. The van der Waals surface area contributed by atoms with Crippen LogP contribution in [0.2, 0.25) is 0 Å². The number of hydrogen-bond donors (Lipinski definition) is 1. The van der Waals surface area contributed by atoms with Gasteiger partial charge in [-0.05, 0) is 26.3 Å². The molecular formula is C11H14O. The van der Waals surface area contributed by atoms with E-state index in [1.807, 2.05) is 25.2 Å². The third-order valence-electron chi connectivity index (χ3n) is 2.09. The van der Waals surface area contributed by atoms with E-state index in [0.29, 0.717) is 5.92 Å². The summed E-state index contributed by atoms with van der Waals surface area (Å²) in [5, 5.41) is 9.22. The van der Waals surface area contributed by atoms with Crippen molar-refractivity contribution >= 4 is 0 Å². The van der Waals surface area contributed by atoms with Crippen molar-refractivity contribution in [1.82, 2.24) is 0 Å². The molecule has 1 aliphatic rings. The lowest BCUT2D eigenvalue weighted by molar-refractivity contribution is 0.214. The van der Waals surface area contributed by atoms with Gasteiger partial charge in [0.15, 0.2) is 0 Å². The molecule has 1 N–H and O–H groups in total. The fraction of sp³-hybridized carbons (Fsp3) is 0.455. The van der Waals surface area contributed by atoms with E-state index in [1.54, 1.807) is 0 Å². The number of allylic oxidation sites excluding steroid dienone is 3. The molecule has 0 spiro atoms. The molecule has 0 aliphatic heterocycles. The van der Waals surface area contributed by atoms with Crippen LogP contribution in [-0.2, 0) is 0 Å². The summed E-state index contributed by atoms with van der Waals surface area (Å²) in [5.74, 6) is 6.12. The van der Waals surface area contributed by atoms with Crippen molar-refractivity contribution in [3.8, 4) is 11.8 Å². The Hall–Kier alpha value is -1.00. The standard InChI is InChI=1S/C11H14O/c1-3-4-5-9(2)10-6-7-11(12)8-10/h5-7,10-12H,8H2,1-2H3/b9-5-/t10-,11-/m1/s1. The van der Waals surface area contributed by atoms with Crippen molar-refractivity contribution in [2.75, 3.05) is 0 Å². The van der Waals surface area contributed by atoms with Crippen LogP contribution in [0.5, 0.6) is 0 Å². The third kappa shape index (κ3) is 2.25. The van der Waals surface area contributed by atoms with Gasteiger partial charge in [-0.15, -0.1) is 5.92 Å². The van der Waals surface area contributed by atoms with Gasteiger partial charge in [0.05, 0.1) is 6.10 Å². The summed E-state index contributed by atoms with van der Waals surface area (Å²) in [7, 11) is 0. The van der Waals surface area contributed by atoms with Crippen LogP contribution in [0.15, 0.2) is 23.8 Å². The maximum Gasteiger partial charge on any atom is 0.0729 e. The van der Waals surface area contributed by atoms with Gasteiger partial charge in [0.1, 0.15) is 0 Å². The first-order valence-electron chi connectivity index (χ1n) is 4.19. The van der Waals surface area contributed by atoms with E-state index >= 15 is 0 Å². The second-order valence-electron chi connectivity index (χ2n) is 3.08.